The van der Waals surface area contributed by atoms with E-state index in [1.54, 1.807) is 12.1 Å². The van der Waals surface area contributed by atoms with Crippen LogP contribution in [0.3, 0.4) is 0 Å². The van der Waals surface area contributed by atoms with Crippen molar-refractivity contribution in [1.82, 2.24) is 9.97 Å². The first-order chi connectivity index (χ1) is 11.8. The molecule has 0 aliphatic heterocycles. The Morgan fingerprint density at radius 1 is 1.16 bits per heavy atom. The summed E-state index contributed by atoms with van der Waals surface area (Å²) in [5.41, 5.74) is 1.22. The van der Waals surface area contributed by atoms with Crippen molar-refractivity contribution < 1.29 is 14.6 Å². The highest BCUT2D eigenvalue weighted by molar-refractivity contribution is 5.87. The van der Waals surface area contributed by atoms with E-state index in [1.807, 2.05) is 37.8 Å². The molecule has 25 heavy (non-hydrogen) atoms. The molecule has 2 aromatic rings. The molecule has 0 amide bonds. The monoisotopic (exact) mass is 343 g/mol. The molecule has 0 aromatic carbocycles. The van der Waals surface area contributed by atoms with Crippen LogP contribution in [-0.2, 0) is 0 Å². The molecule has 0 spiro atoms. The number of hydrogen-bond acceptors (Lipinski definition) is 5. The van der Waals surface area contributed by atoms with E-state index in [0.717, 1.165) is 11.4 Å². The Labute approximate surface area is 148 Å². The summed E-state index contributed by atoms with van der Waals surface area (Å²) >= 11 is 0. The predicted molar refractivity (Wildman–Crippen MR) is 98.0 cm³/mol. The molecule has 2 heterocycles. The predicted octanol–water partition coefficient (Wildman–Crippen LogP) is 4.24. The van der Waals surface area contributed by atoms with Gasteiger partial charge in [0.05, 0.1) is 11.7 Å². The number of aromatic carboxylic acids is 1. The van der Waals surface area contributed by atoms with E-state index < -0.39 is 5.97 Å². The number of anilines is 2. The summed E-state index contributed by atoms with van der Waals surface area (Å²) in [7, 11) is 0. The normalized spacial score (nSPS) is 11.0. The summed E-state index contributed by atoms with van der Waals surface area (Å²) in [6.07, 6.45) is 1.39. The molecule has 1 N–H and O–H groups in total. The smallest absolute Gasteiger partial charge is 0.337 e. The van der Waals surface area contributed by atoms with Crippen LogP contribution < -0.4 is 9.64 Å². The van der Waals surface area contributed by atoms with Crippen LogP contribution in [0.1, 0.15) is 56.5 Å². The van der Waals surface area contributed by atoms with Crippen LogP contribution in [0.25, 0.3) is 0 Å². The summed E-state index contributed by atoms with van der Waals surface area (Å²) < 4.78 is 5.89. The molecule has 0 aliphatic rings. The maximum Gasteiger partial charge on any atom is 0.337 e. The number of carboxylic acid groups (broad SMARTS) is 1. The van der Waals surface area contributed by atoms with Crippen LogP contribution in [-0.4, -0.2) is 33.7 Å². The zero-order valence-electron chi connectivity index (χ0n) is 15.4. The van der Waals surface area contributed by atoms with Crippen LogP contribution in [0, 0.1) is 0 Å². The van der Waals surface area contributed by atoms with Crippen LogP contribution in [0.4, 0.5) is 11.6 Å². The Morgan fingerprint density at radius 3 is 2.32 bits per heavy atom. The standard InChI is InChI=1S/C19H25N3O3/c1-6-22(16-9-7-14(11-20-16)19(23)24)17-10-8-15(12(2)3)18(21-17)25-13(4)5/h7-13H,6H2,1-5H3,(H,23,24). The highest BCUT2D eigenvalue weighted by atomic mass is 16.5. The van der Waals surface area contributed by atoms with E-state index in [1.165, 1.54) is 6.20 Å². The van der Waals surface area contributed by atoms with E-state index in [0.29, 0.717) is 24.2 Å². The number of ether oxygens (including phenoxy) is 1. The second kappa shape index (κ2) is 7.96. The Hall–Kier alpha value is -2.63. The molecule has 6 nitrogen and oxygen atoms in total. The molecule has 0 aliphatic carbocycles. The maximum atomic E-state index is 11.0. The third-order valence-corrected chi connectivity index (χ3v) is 3.71. The lowest BCUT2D eigenvalue weighted by molar-refractivity contribution is 0.0696. The molecule has 2 rings (SSSR count). The molecule has 0 fully saturated rings. The van der Waals surface area contributed by atoms with Crippen molar-refractivity contribution in [3.05, 3.63) is 41.6 Å². The van der Waals surface area contributed by atoms with E-state index in [4.69, 9.17) is 9.84 Å². The van der Waals surface area contributed by atoms with E-state index in [9.17, 15) is 4.79 Å². The van der Waals surface area contributed by atoms with E-state index in [2.05, 4.69) is 23.8 Å². The Kier molecular flexibility index (Phi) is 5.96. The molecule has 0 bridgehead atoms. The average Bonchev–Trinajstić information content (AvgIpc) is 2.55. The third kappa shape index (κ3) is 4.47. The Morgan fingerprint density at radius 2 is 1.84 bits per heavy atom. The lowest BCUT2D eigenvalue weighted by Gasteiger charge is -2.23. The van der Waals surface area contributed by atoms with Crippen molar-refractivity contribution in [3.8, 4) is 5.88 Å². The molecule has 0 saturated heterocycles. The van der Waals surface area contributed by atoms with Gasteiger partial charge in [0, 0.05) is 18.3 Å². The van der Waals surface area contributed by atoms with Gasteiger partial charge >= 0.3 is 5.97 Å². The van der Waals surface area contributed by atoms with Gasteiger partial charge in [-0.3, -0.25) is 0 Å². The Balaban J connectivity index is 2.41. The van der Waals surface area contributed by atoms with Gasteiger partial charge < -0.3 is 14.7 Å². The average molecular weight is 343 g/mol. The quantitative estimate of drug-likeness (QED) is 0.810. The number of carbonyl (C=O) groups is 1. The first-order valence-corrected chi connectivity index (χ1v) is 8.48. The fraction of sp³-hybridized carbons (Fsp3) is 0.421. The molecular formula is C19H25N3O3. The molecular weight excluding hydrogens is 318 g/mol. The molecule has 6 heteroatoms. The first-order valence-electron chi connectivity index (χ1n) is 8.48. The molecule has 0 atom stereocenters. The zero-order chi connectivity index (χ0) is 18.6. The number of pyridine rings is 2. The number of hydrogen-bond donors (Lipinski definition) is 1. The summed E-state index contributed by atoms with van der Waals surface area (Å²) in [5, 5.41) is 9.01. The minimum absolute atomic E-state index is 0.0308. The van der Waals surface area contributed by atoms with Crippen molar-refractivity contribution >= 4 is 17.6 Å². The van der Waals surface area contributed by atoms with Crippen LogP contribution in [0.15, 0.2) is 30.5 Å². The fourth-order valence-corrected chi connectivity index (χ4v) is 2.46. The van der Waals surface area contributed by atoms with Crippen molar-refractivity contribution in [1.29, 1.82) is 0 Å². The van der Waals surface area contributed by atoms with Gasteiger partial charge in [-0.05, 0) is 51.0 Å². The maximum absolute atomic E-state index is 11.0. The summed E-state index contributed by atoms with van der Waals surface area (Å²) in [6, 6.07) is 7.20. The van der Waals surface area contributed by atoms with Crippen LogP contribution >= 0.6 is 0 Å². The van der Waals surface area contributed by atoms with Gasteiger partial charge in [0.25, 0.3) is 0 Å². The number of carboxylic acids is 1. The van der Waals surface area contributed by atoms with Crippen molar-refractivity contribution in [2.24, 2.45) is 0 Å². The van der Waals surface area contributed by atoms with Crippen molar-refractivity contribution in [2.75, 3.05) is 11.4 Å². The highest BCUT2D eigenvalue weighted by Crippen LogP contribution is 2.30. The van der Waals surface area contributed by atoms with Gasteiger partial charge in [-0.25, -0.2) is 9.78 Å². The van der Waals surface area contributed by atoms with Crippen molar-refractivity contribution in [2.45, 2.75) is 46.6 Å². The molecule has 0 saturated carbocycles. The first kappa shape index (κ1) is 18.7. The largest absolute Gasteiger partial charge is 0.478 e. The second-order valence-electron chi connectivity index (χ2n) is 6.34. The number of nitrogens with zero attached hydrogens (tertiary/aromatic N) is 3. The van der Waals surface area contributed by atoms with E-state index in [-0.39, 0.29) is 11.7 Å². The summed E-state index contributed by atoms with van der Waals surface area (Å²) in [5.74, 6) is 1.31. The van der Waals surface area contributed by atoms with Gasteiger partial charge in [-0.1, -0.05) is 13.8 Å². The highest BCUT2D eigenvalue weighted by Gasteiger charge is 2.17. The SMILES string of the molecule is CCN(c1ccc(C(=O)O)cn1)c1ccc(C(C)C)c(OC(C)C)n1. The summed E-state index contributed by atoms with van der Waals surface area (Å²) in [6.45, 7) is 10.8. The minimum Gasteiger partial charge on any atom is -0.478 e. The van der Waals surface area contributed by atoms with Gasteiger partial charge in [0.2, 0.25) is 5.88 Å². The molecule has 134 valence electrons. The lowest BCUT2D eigenvalue weighted by atomic mass is 10.1. The zero-order valence-corrected chi connectivity index (χ0v) is 15.4. The molecule has 0 radical (unpaired) electrons. The minimum atomic E-state index is -0.992. The van der Waals surface area contributed by atoms with E-state index >= 15 is 0 Å². The molecule has 0 unspecified atom stereocenters. The fourth-order valence-electron chi connectivity index (χ4n) is 2.46. The Bertz CT molecular complexity index is 727. The van der Waals surface area contributed by atoms with Gasteiger partial charge in [0.15, 0.2) is 0 Å². The second-order valence-corrected chi connectivity index (χ2v) is 6.34. The van der Waals surface area contributed by atoms with Crippen LogP contribution in [0.5, 0.6) is 5.88 Å². The number of aromatic nitrogens is 2. The molecule has 2 aromatic heterocycles. The van der Waals surface area contributed by atoms with Gasteiger partial charge in [-0.2, -0.15) is 4.98 Å². The lowest BCUT2D eigenvalue weighted by Crippen LogP contribution is -2.20. The van der Waals surface area contributed by atoms with Gasteiger partial charge in [-0.15, -0.1) is 0 Å². The summed E-state index contributed by atoms with van der Waals surface area (Å²) in [4.78, 5) is 21.9. The third-order valence-electron chi connectivity index (χ3n) is 3.71. The number of rotatable bonds is 7. The van der Waals surface area contributed by atoms with Gasteiger partial charge in [0.1, 0.15) is 11.6 Å². The topological polar surface area (TPSA) is 75.6 Å². The van der Waals surface area contributed by atoms with Crippen molar-refractivity contribution in [3.63, 3.8) is 0 Å². The van der Waals surface area contributed by atoms with Crippen LogP contribution in [0.2, 0.25) is 0 Å².